The summed E-state index contributed by atoms with van der Waals surface area (Å²) in [5.41, 5.74) is 13.9. The van der Waals surface area contributed by atoms with Crippen molar-refractivity contribution in [1.82, 2.24) is 5.32 Å². The number of rotatable bonds is 4. The first kappa shape index (κ1) is 22.4. The highest BCUT2D eigenvalue weighted by molar-refractivity contribution is 5.94. The fourth-order valence-corrected chi connectivity index (χ4v) is 5.03. The molecular weight excluding hydrogens is 420 g/mol. The molecule has 0 spiro atoms. The molecule has 0 saturated heterocycles. The summed E-state index contributed by atoms with van der Waals surface area (Å²) in [5.74, 6) is 0.384. The van der Waals surface area contributed by atoms with Crippen LogP contribution in [0.3, 0.4) is 0 Å². The Hall–Kier alpha value is -3.77. The van der Waals surface area contributed by atoms with Crippen LogP contribution in [0, 0.1) is 12.8 Å². The Morgan fingerprint density at radius 3 is 2.79 bits per heavy atom. The molecule has 8 heteroatoms. The third-order valence-electron chi connectivity index (χ3n) is 6.37. The Bertz CT molecular complexity index is 1200. The zero-order chi connectivity index (χ0) is 23.8. The molecule has 3 aliphatic rings. The molecule has 170 valence electrons. The van der Waals surface area contributed by atoms with Crippen LogP contribution in [0.4, 0.5) is 4.79 Å². The summed E-state index contributed by atoms with van der Waals surface area (Å²) in [6, 6.07) is 4.86. The van der Waals surface area contributed by atoms with Gasteiger partial charge in [0.25, 0.3) is 0 Å². The van der Waals surface area contributed by atoms with Gasteiger partial charge in [-0.2, -0.15) is 0 Å². The number of Topliss-reactive ketones (excluding diaryl/α,β-unsaturated/α-hetero) is 1. The molecule has 0 aromatic heterocycles. The van der Waals surface area contributed by atoms with Gasteiger partial charge in [0, 0.05) is 22.1 Å². The summed E-state index contributed by atoms with van der Waals surface area (Å²) in [6.45, 7) is 7.26. The number of hydrogen-bond donors (Lipinski definition) is 1. The maximum absolute atomic E-state index is 12.4. The van der Waals surface area contributed by atoms with Gasteiger partial charge in [0.1, 0.15) is 11.3 Å². The van der Waals surface area contributed by atoms with E-state index in [4.69, 9.17) is 9.47 Å². The van der Waals surface area contributed by atoms with E-state index in [1.807, 2.05) is 19.1 Å². The van der Waals surface area contributed by atoms with Crippen molar-refractivity contribution >= 4 is 11.9 Å². The van der Waals surface area contributed by atoms with E-state index >= 15 is 0 Å². The second-order valence-electron chi connectivity index (χ2n) is 8.62. The second-order valence-corrected chi connectivity index (χ2v) is 8.62. The zero-order valence-corrected chi connectivity index (χ0v) is 19.1. The Labute approximate surface area is 192 Å². The van der Waals surface area contributed by atoms with Crippen molar-refractivity contribution < 1.29 is 19.1 Å². The Balaban J connectivity index is 1.51. The lowest BCUT2D eigenvalue weighted by molar-refractivity contribution is 0.0655. The number of nitrogens with one attached hydrogen (secondary N) is 1. The summed E-state index contributed by atoms with van der Waals surface area (Å²) < 4.78 is 10.8. The van der Waals surface area contributed by atoms with Crippen LogP contribution in [0.2, 0.25) is 0 Å². The predicted octanol–water partition coefficient (Wildman–Crippen LogP) is 5.82. The lowest BCUT2D eigenvalue weighted by Crippen LogP contribution is -2.47. The molecule has 4 rings (SSSR count). The Kier molecular flexibility index (Phi) is 5.87. The van der Waals surface area contributed by atoms with Crippen molar-refractivity contribution in [1.29, 1.82) is 0 Å². The molecule has 1 aromatic carbocycles. The van der Waals surface area contributed by atoms with Crippen molar-refractivity contribution in [3.8, 4) is 5.75 Å². The van der Waals surface area contributed by atoms with Gasteiger partial charge in [0.15, 0.2) is 12.0 Å². The smallest absolute Gasteiger partial charge is 0.406 e. The quantitative estimate of drug-likeness (QED) is 0.119. The van der Waals surface area contributed by atoms with Gasteiger partial charge in [0.05, 0.1) is 0 Å². The minimum absolute atomic E-state index is 0.0604. The van der Waals surface area contributed by atoms with E-state index in [0.29, 0.717) is 29.7 Å². The van der Waals surface area contributed by atoms with E-state index in [1.165, 1.54) is 12.5 Å². The number of nitrogens with zero attached hydrogens (tertiary/aromatic N) is 3. The molecule has 2 unspecified atom stereocenters. The Morgan fingerprint density at radius 1 is 1.33 bits per heavy atom. The van der Waals surface area contributed by atoms with Gasteiger partial charge in [-0.05, 0) is 81.5 Å². The van der Waals surface area contributed by atoms with Gasteiger partial charge < -0.3 is 14.8 Å². The number of dihydropyridines is 1. The second kappa shape index (κ2) is 8.64. The number of allylic oxidation sites excluding steroid dienone is 3. The fourth-order valence-electron chi connectivity index (χ4n) is 5.03. The molecule has 3 atom stereocenters. The molecule has 8 nitrogen and oxygen atoms in total. The zero-order valence-electron chi connectivity index (χ0n) is 19.1. The van der Waals surface area contributed by atoms with Gasteiger partial charge in [-0.25, -0.2) is 4.79 Å². The summed E-state index contributed by atoms with van der Waals surface area (Å²) in [6.07, 6.45) is 7.59. The molecule has 0 amide bonds. The molecule has 1 N–H and O–H groups in total. The van der Waals surface area contributed by atoms with Crippen molar-refractivity contribution in [2.24, 2.45) is 11.0 Å². The third kappa shape index (κ3) is 4.05. The van der Waals surface area contributed by atoms with Gasteiger partial charge in [-0.3, -0.25) is 4.79 Å². The summed E-state index contributed by atoms with van der Waals surface area (Å²) in [4.78, 5) is 27.1. The minimum atomic E-state index is -0.856. The van der Waals surface area contributed by atoms with Crippen LogP contribution in [-0.2, 0) is 4.74 Å². The van der Waals surface area contributed by atoms with Gasteiger partial charge in [-0.15, -0.1) is 0 Å². The summed E-state index contributed by atoms with van der Waals surface area (Å²) in [5, 5.41) is 7.53. The van der Waals surface area contributed by atoms with E-state index in [2.05, 4.69) is 28.3 Å². The third-order valence-corrected chi connectivity index (χ3v) is 6.37. The highest BCUT2D eigenvalue weighted by atomic mass is 16.7. The SMILES string of the molecule is C/C=C1\[C@@H]2C=C(C)CC1(N=[N+]=[N-])C1=C(C2)NC(OC(=O)Oc2ccc(C(C)=O)cc2C)C=C1. The van der Waals surface area contributed by atoms with Crippen molar-refractivity contribution in [2.75, 3.05) is 0 Å². The monoisotopic (exact) mass is 446 g/mol. The summed E-state index contributed by atoms with van der Waals surface area (Å²) in [7, 11) is 0. The van der Waals surface area contributed by atoms with Crippen molar-refractivity contribution in [3.05, 3.63) is 86.5 Å². The number of carbonyl (C=O) groups excluding carboxylic acids is 2. The minimum Gasteiger partial charge on any atom is -0.406 e. The highest BCUT2D eigenvalue weighted by Crippen LogP contribution is 2.52. The molecule has 1 aromatic rings. The molecule has 1 aliphatic heterocycles. The van der Waals surface area contributed by atoms with E-state index in [1.54, 1.807) is 31.2 Å². The lowest BCUT2D eigenvalue weighted by Gasteiger charge is -2.47. The van der Waals surface area contributed by atoms with Gasteiger partial charge >= 0.3 is 6.16 Å². The number of azide groups is 1. The molecule has 0 saturated carbocycles. The van der Waals surface area contributed by atoms with Crippen LogP contribution in [0.1, 0.15) is 49.5 Å². The van der Waals surface area contributed by atoms with E-state index in [0.717, 1.165) is 16.8 Å². The average Bonchev–Trinajstić information content (AvgIpc) is 2.74. The molecule has 1 heterocycles. The first-order valence-electron chi connectivity index (χ1n) is 10.9. The van der Waals surface area contributed by atoms with Gasteiger partial charge in [0.2, 0.25) is 0 Å². The van der Waals surface area contributed by atoms with E-state index in [-0.39, 0.29) is 11.7 Å². The molecule has 2 bridgehead atoms. The number of hydrogen-bond acceptors (Lipinski definition) is 6. The largest absolute Gasteiger partial charge is 0.516 e. The van der Waals surface area contributed by atoms with E-state index in [9.17, 15) is 15.1 Å². The van der Waals surface area contributed by atoms with Gasteiger partial charge in [-0.1, -0.05) is 34.5 Å². The van der Waals surface area contributed by atoms with Crippen LogP contribution in [0.15, 0.2) is 70.0 Å². The van der Waals surface area contributed by atoms with Crippen LogP contribution < -0.4 is 10.1 Å². The molecule has 33 heavy (non-hydrogen) atoms. The molecule has 0 fully saturated rings. The summed E-state index contributed by atoms with van der Waals surface area (Å²) >= 11 is 0. The normalized spacial score (nSPS) is 26.5. The topological polar surface area (TPSA) is 113 Å². The standard InChI is InChI=1S/C25H26N4O4/c1-5-19-18-10-14(2)13-25(19,28-29-26)20-7-9-23(27-21(20)12-18)33-24(31)32-22-8-6-17(16(4)30)11-15(22)3/h5-11,18,23,27H,12-13H2,1-4H3/b19-5+/t18-,23?,25?/m1/s1. The maximum atomic E-state index is 12.4. The number of carbonyl (C=O) groups is 2. The van der Waals surface area contributed by atoms with Crippen molar-refractivity contribution in [2.45, 2.75) is 52.3 Å². The lowest BCUT2D eigenvalue weighted by atomic mass is 9.63. The molecule has 0 radical (unpaired) electrons. The first-order chi connectivity index (χ1) is 15.8. The fraction of sp³-hybridized carbons (Fsp3) is 0.360. The maximum Gasteiger partial charge on any atom is 0.516 e. The van der Waals surface area contributed by atoms with Crippen molar-refractivity contribution in [3.63, 3.8) is 0 Å². The van der Waals surface area contributed by atoms with E-state index < -0.39 is 17.9 Å². The van der Waals surface area contributed by atoms with Crippen LogP contribution in [0.5, 0.6) is 5.75 Å². The number of ether oxygens (including phenoxy) is 2. The number of aryl methyl sites for hydroxylation is 1. The van der Waals surface area contributed by atoms with Crippen LogP contribution in [-0.4, -0.2) is 23.7 Å². The number of fused-ring (bicyclic) bond motifs is 3. The number of ketones is 1. The molecular formula is C25H26N4O4. The first-order valence-corrected chi connectivity index (χ1v) is 10.9. The average molecular weight is 447 g/mol. The molecule has 2 aliphatic carbocycles. The number of benzene rings is 1. The highest BCUT2D eigenvalue weighted by Gasteiger charge is 2.47. The van der Waals surface area contributed by atoms with Crippen LogP contribution in [0.25, 0.3) is 10.4 Å². The predicted molar refractivity (Wildman–Crippen MR) is 123 cm³/mol. The van der Waals surface area contributed by atoms with Crippen LogP contribution >= 0.6 is 0 Å². The Morgan fingerprint density at radius 2 is 2.12 bits per heavy atom.